The number of carbonyl (C=O) groups is 1. The van der Waals surface area contributed by atoms with E-state index in [1.165, 1.54) is 12.1 Å². The number of likely N-dealkylation sites (N-methyl/N-ethyl adjacent to an activating group) is 1. The third kappa shape index (κ3) is 6.26. The van der Waals surface area contributed by atoms with E-state index in [0.717, 1.165) is 48.2 Å². The van der Waals surface area contributed by atoms with Crippen LogP contribution in [0.3, 0.4) is 0 Å². The topological polar surface area (TPSA) is 62.6 Å². The minimum absolute atomic E-state index is 0.193. The lowest BCUT2D eigenvalue weighted by Crippen LogP contribution is -2.44. The van der Waals surface area contributed by atoms with Crippen LogP contribution in [0.1, 0.15) is 11.3 Å². The summed E-state index contributed by atoms with van der Waals surface area (Å²) in [6.07, 6.45) is -4.68. The number of benzene rings is 2. The number of hydrogen-bond acceptors (Lipinski definition) is 5. The quantitative estimate of drug-likeness (QED) is 0.524. The van der Waals surface area contributed by atoms with Crippen LogP contribution in [0.25, 0.3) is 5.69 Å². The van der Waals surface area contributed by atoms with Crippen molar-refractivity contribution in [2.75, 3.05) is 44.7 Å². The number of ether oxygens (including phenoxy) is 1. The molecule has 1 aliphatic rings. The molecule has 0 saturated carbocycles. The molecule has 2 heterocycles. The third-order valence-corrected chi connectivity index (χ3v) is 6.01. The minimum atomic E-state index is -4.68. The number of carbonyl (C=O) groups excluding carboxylic acids is 1. The average Bonchev–Trinajstić information content (AvgIpc) is 3.27. The van der Waals surface area contributed by atoms with Crippen LogP contribution < -0.4 is 15.0 Å². The molecule has 0 radical (unpaired) electrons. The van der Waals surface area contributed by atoms with E-state index >= 15 is 0 Å². The summed E-state index contributed by atoms with van der Waals surface area (Å²) in [6.45, 7) is 3.74. The van der Waals surface area contributed by atoms with Crippen molar-refractivity contribution in [3.05, 3.63) is 70.9 Å². The van der Waals surface area contributed by atoms with Gasteiger partial charge in [0.1, 0.15) is 0 Å². The highest BCUT2D eigenvalue weighted by Gasteiger charge is 2.36. The summed E-state index contributed by atoms with van der Waals surface area (Å²) in [7, 11) is 2.10. The largest absolute Gasteiger partial charge is 0.467 e. The predicted octanol–water partition coefficient (Wildman–Crippen LogP) is 3.99. The van der Waals surface area contributed by atoms with E-state index in [1.807, 2.05) is 24.3 Å². The maximum absolute atomic E-state index is 13.2. The Morgan fingerprint density at radius 2 is 1.77 bits per heavy atom. The van der Waals surface area contributed by atoms with Gasteiger partial charge in [0.15, 0.2) is 12.3 Å². The van der Waals surface area contributed by atoms with Crippen LogP contribution in [0.2, 0.25) is 5.02 Å². The lowest BCUT2D eigenvalue weighted by Gasteiger charge is -2.34. The number of nitrogens with one attached hydrogen (secondary N) is 1. The summed E-state index contributed by atoms with van der Waals surface area (Å²) < 4.78 is 46.0. The Morgan fingerprint density at radius 3 is 2.43 bits per heavy atom. The van der Waals surface area contributed by atoms with Crippen molar-refractivity contribution >= 4 is 23.2 Å². The fraction of sp³-hybridized carbons (Fsp3) is 0.333. The summed E-state index contributed by atoms with van der Waals surface area (Å²) in [4.78, 5) is 16.9. The molecule has 1 aromatic heterocycles. The number of hydrogen-bond donors (Lipinski definition) is 1. The van der Waals surface area contributed by atoms with Crippen LogP contribution in [-0.2, 0) is 17.5 Å². The first kappa shape index (κ1) is 24.9. The molecule has 1 fully saturated rings. The van der Waals surface area contributed by atoms with Gasteiger partial charge in [0.25, 0.3) is 5.91 Å². The van der Waals surface area contributed by atoms with Gasteiger partial charge in [-0.1, -0.05) is 35.9 Å². The minimum Gasteiger partial charge on any atom is -0.467 e. The number of anilines is 1. The summed E-state index contributed by atoms with van der Waals surface area (Å²) in [5.74, 6) is -0.717. The summed E-state index contributed by atoms with van der Waals surface area (Å²) in [6, 6.07) is 15.0. The third-order valence-electron chi connectivity index (χ3n) is 5.69. The number of aromatic nitrogens is 2. The van der Waals surface area contributed by atoms with E-state index in [-0.39, 0.29) is 23.1 Å². The van der Waals surface area contributed by atoms with E-state index < -0.39 is 24.4 Å². The molecule has 0 atom stereocenters. The number of rotatable bonds is 7. The molecule has 1 saturated heterocycles. The average molecular weight is 508 g/mol. The zero-order valence-corrected chi connectivity index (χ0v) is 19.8. The van der Waals surface area contributed by atoms with Gasteiger partial charge < -0.3 is 19.9 Å². The van der Waals surface area contributed by atoms with Crippen LogP contribution in [0.4, 0.5) is 18.9 Å². The van der Waals surface area contributed by atoms with Gasteiger partial charge in [-0.2, -0.15) is 23.0 Å². The molecule has 7 nitrogen and oxygen atoms in total. The maximum atomic E-state index is 13.2. The Balaban J connectivity index is 1.35. The first-order valence-corrected chi connectivity index (χ1v) is 11.4. The van der Waals surface area contributed by atoms with Gasteiger partial charge in [-0.05, 0) is 36.9 Å². The van der Waals surface area contributed by atoms with Gasteiger partial charge in [-0.3, -0.25) is 4.79 Å². The van der Waals surface area contributed by atoms with Crippen LogP contribution in [-0.4, -0.2) is 60.4 Å². The maximum Gasteiger partial charge on any atom is 0.435 e. The Bertz CT molecular complexity index is 1160. The normalized spacial score (nSPS) is 14.7. The van der Waals surface area contributed by atoms with E-state index in [1.54, 1.807) is 12.1 Å². The SMILES string of the molecule is CN1CCN(c2ccc(CNC(=O)COc3cc(C(F)(F)F)nn3-c3ccccc3Cl)cc2)CC1. The molecule has 3 aromatic rings. The van der Waals surface area contributed by atoms with Crippen LogP contribution in [0.5, 0.6) is 5.88 Å². The second-order valence-corrected chi connectivity index (χ2v) is 8.66. The number of amides is 1. The molecule has 186 valence electrons. The van der Waals surface area contributed by atoms with Crippen molar-refractivity contribution in [2.45, 2.75) is 12.7 Å². The first-order valence-electron chi connectivity index (χ1n) is 11.0. The van der Waals surface area contributed by atoms with Crippen LogP contribution in [0.15, 0.2) is 54.6 Å². The molecule has 35 heavy (non-hydrogen) atoms. The smallest absolute Gasteiger partial charge is 0.435 e. The molecule has 0 aliphatic carbocycles. The molecule has 1 amide bonds. The summed E-state index contributed by atoms with van der Waals surface area (Å²) in [5.41, 5.74) is 1.09. The van der Waals surface area contributed by atoms with Gasteiger partial charge in [-0.15, -0.1) is 0 Å². The van der Waals surface area contributed by atoms with Crippen molar-refractivity contribution in [2.24, 2.45) is 0 Å². The number of alkyl halides is 3. The molecule has 0 spiro atoms. The van der Waals surface area contributed by atoms with E-state index in [9.17, 15) is 18.0 Å². The fourth-order valence-electron chi connectivity index (χ4n) is 3.68. The van der Waals surface area contributed by atoms with Crippen LogP contribution >= 0.6 is 11.6 Å². The first-order chi connectivity index (χ1) is 16.7. The zero-order valence-electron chi connectivity index (χ0n) is 19.1. The molecule has 0 bridgehead atoms. The Morgan fingerprint density at radius 1 is 1.09 bits per heavy atom. The highest BCUT2D eigenvalue weighted by molar-refractivity contribution is 6.32. The molecular formula is C24H25ClF3N5O2. The molecule has 4 rings (SSSR count). The lowest BCUT2D eigenvalue weighted by atomic mass is 10.2. The summed E-state index contributed by atoms with van der Waals surface area (Å²) >= 11 is 6.12. The number of para-hydroxylation sites is 1. The summed E-state index contributed by atoms with van der Waals surface area (Å²) in [5, 5.41) is 6.49. The van der Waals surface area contributed by atoms with Crippen molar-refractivity contribution < 1.29 is 22.7 Å². The molecule has 0 unspecified atom stereocenters. The second kappa shape index (κ2) is 10.6. The Hall–Kier alpha value is -3.24. The highest BCUT2D eigenvalue weighted by Crippen LogP contribution is 2.33. The van der Waals surface area contributed by atoms with Gasteiger partial charge >= 0.3 is 6.18 Å². The van der Waals surface area contributed by atoms with E-state index in [4.69, 9.17) is 16.3 Å². The van der Waals surface area contributed by atoms with E-state index in [2.05, 4.69) is 27.3 Å². The standard InChI is InChI=1S/C24H25ClF3N5O2/c1-31-10-12-32(13-11-31)18-8-6-17(7-9-18)15-29-22(34)16-35-23-14-21(24(26,27)28)30-33(23)20-5-3-2-4-19(20)25/h2-9,14H,10-13,15-16H2,1H3,(H,29,34). The van der Waals surface area contributed by atoms with Crippen molar-refractivity contribution in [1.82, 2.24) is 20.0 Å². The molecular weight excluding hydrogens is 483 g/mol. The van der Waals surface area contributed by atoms with Gasteiger partial charge in [0.2, 0.25) is 5.88 Å². The Labute approximate surface area is 206 Å². The number of nitrogens with zero attached hydrogens (tertiary/aromatic N) is 4. The predicted molar refractivity (Wildman–Crippen MR) is 127 cm³/mol. The van der Waals surface area contributed by atoms with E-state index in [0.29, 0.717) is 0 Å². The van der Waals surface area contributed by atoms with Gasteiger partial charge in [-0.25, -0.2) is 0 Å². The lowest BCUT2D eigenvalue weighted by molar-refractivity contribution is -0.141. The molecule has 1 N–H and O–H groups in total. The zero-order chi connectivity index (χ0) is 25.0. The van der Waals surface area contributed by atoms with Crippen LogP contribution in [0, 0.1) is 0 Å². The van der Waals surface area contributed by atoms with Gasteiger partial charge in [0, 0.05) is 44.5 Å². The van der Waals surface area contributed by atoms with Gasteiger partial charge in [0.05, 0.1) is 10.7 Å². The Kier molecular flexibility index (Phi) is 7.51. The van der Waals surface area contributed by atoms with Crippen molar-refractivity contribution in [3.8, 4) is 11.6 Å². The highest BCUT2D eigenvalue weighted by atomic mass is 35.5. The van der Waals surface area contributed by atoms with Crippen molar-refractivity contribution in [1.29, 1.82) is 0 Å². The number of halogens is 4. The number of piperazine rings is 1. The van der Waals surface area contributed by atoms with Crippen molar-refractivity contribution in [3.63, 3.8) is 0 Å². The second-order valence-electron chi connectivity index (χ2n) is 8.25. The monoisotopic (exact) mass is 507 g/mol. The molecule has 1 aliphatic heterocycles. The molecule has 2 aromatic carbocycles. The molecule has 11 heteroatoms. The fourth-order valence-corrected chi connectivity index (χ4v) is 3.90.